The number of fused-ring (bicyclic) bond motifs is 1. The van der Waals surface area contributed by atoms with E-state index in [1.807, 2.05) is 45.2 Å². The van der Waals surface area contributed by atoms with Gasteiger partial charge in [0.05, 0.1) is 29.6 Å². The van der Waals surface area contributed by atoms with Crippen molar-refractivity contribution >= 4 is 32.6 Å². The van der Waals surface area contributed by atoms with Crippen LogP contribution in [0.25, 0.3) is 10.2 Å². The van der Waals surface area contributed by atoms with Gasteiger partial charge in [0, 0.05) is 12.7 Å². The third-order valence-corrected chi connectivity index (χ3v) is 5.40. The summed E-state index contributed by atoms with van der Waals surface area (Å²) in [6.07, 6.45) is 1.59. The molecule has 3 aromatic heterocycles. The largest absolute Gasteiger partial charge is 0.494 e. The molecule has 3 heterocycles. The highest BCUT2D eigenvalue weighted by Crippen LogP contribution is 2.33. The molecular weight excluding hydrogens is 376 g/mol. The summed E-state index contributed by atoms with van der Waals surface area (Å²) >= 11 is 1.44. The van der Waals surface area contributed by atoms with Crippen LogP contribution in [0.4, 0.5) is 5.13 Å². The van der Waals surface area contributed by atoms with Gasteiger partial charge in [0.25, 0.3) is 5.91 Å². The number of thiazole rings is 1. The highest BCUT2D eigenvalue weighted by atomic mass is 32.1. The molecule has 0 fully saturated rings. The van der Waals surface area contributed by atoms with Crippen LogP contribution in [0.2, 0.25) is 0 Å². The van der Waals surface area contributed by atoms with Crippen molar-refractivity contribution in [3.8, 4) is 5.75 Å². The Labute approximate surface area is 166 Å². The summed E-state index contributed by atoms with van der Waals surface area (Å²) in [7, 11) is 1.82. The van der Waals surface area contributed by atoms with E-state index in [0.717, 1.165) is 21.7 Å². The van der Waals surface area contributed by atoms with E-state index in [1.54, 1.807) is 28.0 Å². The molecular formula is C20H20N4O3S. The van der Waals surface area contributed by atoms with Gasteiger partial charge in [-0.3, -0.25) is 14.4 Å². The first-order valence-corrected chi connectivity index (χ1v) is 9.75. The number of amides is 1. The number of ether oxygens (including phenoxy) is 1. The number of hydrogen-bond donors (Lipinski definition) is 0. The first-order chi connectivity index (χ1) is 13.5. The molecule has 0 aliphatic heterocycles. The summed E-state index contributed by atoms with van der Waals surface area (Å²) in [5.74, 6) is 1.24. The van der Waals surface area contributed by atoms with Crippen molar-refractivity contribution in [3.05, 3.63) is 59.8 Å². The normalized spacial score (nSPS) is 11.1. The number of furan rings is 1. The fraction of sp³-hybridized carbons (Fsp3) is 0.250. The zero-order chi connectivity index (χ0) is 19.7. The van der Waals surface area contributed by atoms with Gasteiger partial charge in [-0.1, -0.05) is 11.3 Å². The maximum atomic E-state index is 13.2. The van der Waals surface area contributed by atoms with Crippen LogP contribution in [0.15, 0.2) is 47.1 Å². The number of aryl methyl sites for hydroxylation is 2. The fourth-order valence-corrected chi connectivity index (χ4v) is 3.84. The van der Waals surface area contributed by atoms with Crippen LogP contribution < -0.4 is 9.64 Å². The molecule has 7 nitrogen and oxygen atoms in total. The molecule has 0 atom stereocenters. The Balaban J connectivity index is 1.74. The van der Waals surface area contributed by atoms with Gasteiger partial charge in [0.1, 0.15) is 11.5 Å². The molecule has 0 saturated carbocycles. The second kappa shape index (κ2) is 7.47. The van der Waals surface area contributed by atoms with Gasteiger partial charge in [0.2, 0.25) is 0 Å². The molecule has 4 rings (SSSR count). The first kappa shape index (κ1) is 18.2. The first-order valence-electron chi connectivity index (χ1n) is 8.93. The van der Waals surface area contributed by atoms with Crippen molar-refractivity contribution in [1.29, 1.82) is 0 Å². The predicted octanol–water partition coefficient (Wildman–Crippen LogP) is 4.18. The molecule has 0 aliphatic carbocycles. The lowest BCUT2D eigenvalue weighted by molar-refractivity contribution is 0.0977. The van der Waals surface area contributed by atoms with Gasteiger partial charge in [-0.05, 0) is 50.2 Å². The van der Waals surface area contributed by atoms with Crippen LogP contribution in [-0.4, -0.2) is 27.3 Å². The van der Waals surface area contributed by atoms with Gasteiger partial charge in [0.15, 0.2) is 10.8 Å². The zero-order valence-electron chi connectivity index (χ0n) is 15.9. The summed E-state index contributed by atoms with van der Waals surface area (Å²) in [4.78, 5) is 19.5. The van der Waals surface area contributed by atoms with Gasteiger partial charge in [-0.25, -0.2) is 4.98 Å². The maximum Gasteiger partial charge on any atom is 0.280 e. The molecule has 0 saturated heterocycles. The number of aromatic nitrogens is 3. The third-order valence-electron chi connectivity index (χ3n) is 4.36. The fourth-order valence-electron chi connectivity index (χ4n) is 2.85. The molecule has 28 heavy (non-hydrogen) atoms. The topological polar surface area (TPSA) is 73.4 Å². The number of benzene rings is 1. The van der Waals surface area contributed by atoms with E-state index < -0.39 is 0 Å². The minimum Gasteiger partial charge on any atom is -0.494 e. The SMILES string of the molecule is CCOc1ccc2nc(N(Cc3ccco3)C(=O)c3cc(C)n(C)n3)sc2c1. The number of nitrogens with zero attached hydrogens (tertiary/aromatic N) is 4. The summed E-state index contributed by atoms with van der Waals surface area (Å²) in [6.45, 7) is 4.73. The number of hydrogen-bond acceptors (Lipinski definition) is 6. The minimum absolute atomic E-state index is 0.218. The van der Waals surface area contributed by atoms with Gasteiger partial charge in [-0.2, -0.15) is 5.10 Å². The summed E-state index contributed by atoms with van der Waals surface area (Å²) in [5, 5.41) is 4.92. The Hall–Kier alpha value is -3.13. The average Bonchev–Trinajstić information content (AvgIpc) is 3.40. The van der Waals surface area contributed by atoms with Crippen molar-refractivity contribution in [2.75, 3.05) is 11.5 Å². The Kier molecular flexibility index (Phi) is 4.87. The van der Waals surface area contributed by atoms with E-state index in [4.69, 9.17) is 9.15 Å². The molecule has 8 heteroatoms. The third kappa shape index (κ3) is 3.50. The molecule has 0 N–H and O–H groups in total. The van der Waals surface area contributed by atoms with Crippen molar-refractivity contribution in [3.63, 3.8) is 0 Å². The molecule has 0 aliphatic rings. The molecule has 4 aromatic rings. The monoisotopic (exact) mass is 396 g/mol. The Bertz CT molecular complexity index is 1090. The average molecular weight is 396 g/mol. The van der Waals surface area contributed by atoms with Gasteiger partial charge >= 0.3 is 0 Å². The number of rotatable bonds is 6. The molecule has 0 bridgehead atoms. The van der Waals surface area contributed by atoms with Crippen LogP contribution in [0.1, 0.15) is 28.9 Å². The predicted molar refractivity (Wildman–Crippen MR) is 108 cm³/mol. The Morgan fingerprint density at radius 1 is 1.32 bits per heavy atom. The molecule has 0 unspecified atom stereocenters. The van der Waals surface area contributed by atoms with E-state index in [0.29, 0.717) is 23.2 Å². The molecule has 0 spiro atoms. The summed E-state index contributed by atoms with van der Waals surface area (Å²) in [5.41, 5.74) is 2.10. The summed E-state index contributed by atoms with van der Waals surface area (Å²) < 4.78 is 13.7. The van der Waals surface area contributed by atoms with Crippen LogP contribution in [0.5, 0.6) is 5.75 Å². The number of anilines is 1. The zero-order valence-corrected chi connectivity index (χ0v) is 16.7. The van der Waals surface area contributed by atoms with E-state index in [-0.39, 0.29) is 12.5 Å². The van der Waals surface area contributed by atoms with Crippen molar-refractivity contribution in [2.24, 2.45) is 7.05 Å². The lowest BCUT2D eigenvalue weighted by Gasteiger charge is -2.17. The van der Waals surface area contributed by atoms with Crippen molar-refractivity contribution in [2.45, 2.75) is 20.4 Å². The Morgan fingerprint density at radius 2 is 2.18 bits per heavy atom. The highest BCUT2D eigenvalue weighted by Gasteiger charge is 2.25. The molecule has 144 valence electrons. The highest BCUT2D eigenvalue weighted by molar-refractivity contribution is 7.22. The van der Waals surface area contributed by atoms with E-state index >= 15 is 0 Å². The second-order valence-corrected chi connectivity index (χ2v) is 7.33. The smallest absolute Gasteiger partial charge is 0.280 e. The van der Waals surface area contributed by atoms with Gasteiger partial charge < -0.3 is 9.15 Å². The van der Waals surface area contributed by atoms with E-state index in [2.05, 4.69) is 10.1 Å². The van der Waals surface area contributed by atoms with Crippen LogP contribution in [-0.2, 0) is 13.6 Å². The van der Waals surface area contributed by atoms with E-state index in [1.165, 1.54) is 11.3 Å². The van der Waals surface area contributed by atoms with Crippen LogP contribution >= 0.6 is 11.3 Å². The quantitative estimate of drug-likeness (QED) is 0.489. The maximum absolute atomic E-state index is 13.2. The number of carbonyl (C=O) groups excluding carboxylic acids is 1. The lowest BCUT2D eigenvalue weighted by Crippen LogP contribution is -2.30. The summed E-state index contributed by atoms with van der Waals surface area (Å²) in [6, 6.07) is 11.1. The lowest BCUT2D eigenvalue weighted by atomic mass is 10.3. The standard InChI is InChI=1S/C20H20N4O3S/c1-4-26-14-7-8-16-18(11-14)28-20(21-16)24(12-15-6-5-9-27-15)19(25)17-10-13(2)23(3)22-17/h5-11H,4,12H2,1-3H3. The molecule has 1 aromatic carbocycles. The number of carbonyl (C=O) groups is 1. The minimum atomic E-state index is -0.218. The van der Waals surface area contributed by atoms with Crippen molar-refractivity contribution in [1.82, 2.24) is 14.8 Å². The second-order valence-electron chi connectivity index (χ2n) is 6.32. The van der Waals surface area contributed by atoms with E-state index in [9.17, 15) is 4.79 Å². The van der Waals surface area contributed by atoms with Crippen LogP contribution in [0, 0.1) is 6.92 Å². The van der Waals surface area contributed by atoms with Gasteiger partial charge in [-0.15, -0.1) is 0 Å². The molecule has 1 amide bonds. The molecule has 0 radical (unpaired) electrons. The van der Waals surface area contributed by atoms with Crippen molar-refractivity contribution < 1.29 is 13.9 Å². The Morgan fingerprint density at radius 3 is 2.86 bits per heavy atom. The van der Waals surface area contributed by atoms with Crippen LogP contribution in [0.3, 0.4) is 0 Å².